The van der Waals surface area contributed by atoms with Gasteiger partial charge in [-0.1, -0.05) is 12.1 Å². The molecule has 0 unspecified atom stereocenters. The maximum atomic E-state index is 13.6. The summed E-state index contributed by atoms with van der Waals surface area (Å²) in [5.41, 5.74) is 0.507. The van der Waals surface area contributed by atoms with Crippen molar-refractivity contribution in [1.82, 2.24) is 9.62 Å². The summed E-state index contributed by atoms with van der Waals surface area (Å²) < 4.78 is 40.3. The highest BCUT2D eigenvalue weighted by Gasteiger charge is 2.27. The maximum absolute atomic E-state index is 13.6. The van der Waals surface area contributed by atoms with Crippen LogP contribution in [0.5, 0.6) is 0 Å². The van der Waals surface area contributed by atoms with Crippen molar-refractivity contribution in [3.05, 3.63) is 59.4 Å². The molecule has 2 aromatic rings. The second-order valence-electron chi connectivity index (χ2n) is 6.60. The number of halogens is 1. The first-order valence-corrected chi connectivity index (χ1v) is 10.7. The van der Waals surface area contributed by atoms with Gasteiger partial charge in [-0.3, -0.25) is 4.79 Å². The highest BCUT2D eigenvalue weighted by Crippen LogP contribution is 2.21. The molecule has 1 heterocycles. The third-order valence-electron chi connectivity index (χ3n) is 4.65. The van der Waals surface area contributed by atoms with Gasteiger partial charge in [0.1, 0.15) is 17.4 Å². The number of amides is 1. The Morgan fingerprint density at radius 2 is 1.86 bits per heavy atom. The number of sulfonamides is 1. The average molecular weight is 416 g/mol. The van der Waals surface area contributed by atoms with E-state index in [0.29, 0.717) is 18.8 Å². The summed E-state index contributed by atoms with van der Waals surface area (Å²) in [5, 5.41) is 14.6. The van der Waals surface area contributed by atoms with Crippen LogP contribution in [0.25, 0.3) is 0 Å². The van der Waals surface area contributed by atoms with Gasteiger partial charge in [-0.2, -0.15) is 9.57 Å². The molecule has 0 aromatic heterocycles. The van der Waals surface area contributed by atoms with Crippen LogP contribution < -0.4 is 10.6 Å². The van der Waals surface area contributed by atoms with Crippen LogP contribution in [-0.2, 0) is 10.0 Å². The molecule has 29 heavy (non-hydrogen) atoms. The molecule has 1 saturated heterocycles. The van der Waals surface area contributed by atoms with Crippen LogP contribution in [0.1, 0.15) is 28.8 Å². The van der Waals surface area contributed by atoms with E-state index in [-0.39, 0.29) is 29.1 Å². The number of anilines is 1. The lowest BCUT2D eigenvalue weighted by atomic mass is 10.2. The Bertz CT molecular complexity index is 1040. The fourth-order valence-electron chi connectivity index (χ4n) is 3.14. The van der Waals surface area contributed by atoms with Gasteiger partial charge in [0.25, 0.3) is 5.91 Å². The number of benzene rings is 2. The van der Waals surface area contributed by atoms with E-state index in [1.54, 1.807) is 24.3 Å². The van der Waals surface area contributed by atoms with Crippen molar-refractivity contribution >= 4 is 21.6 Å². The number of carbonyl (C=O) groups excluding carboxylic acids is 1. The van der Waals surface area contributed by atoms with Gasteiger partial charge in [-0.25, -0.2) is 12.8 Å². The highest BCUT2D eigenvalue weighted by molar-refractivity contribution is 7.89. The molecule has 2 aromatic carbocycles. The van der Waals surface area contributed by atoms with Crippen LogP contribution in [-0.4, -0.2) is 44.8 Å². The topological polar surface area (TPSA) is 102 Å². The van der Waals surface area contributed by atoms with E-state index in [1.807, 2.05) is 0 Å². The third-order valence-corrected chi connectivity index (χ3v) is 6.55. The van der Waals surface area contributed by atoms with E-state index < -0.39 is 21.7 Å². The zero-order chi connectivity index (χ0) is 20.9. The van der Waals surface area contributed by atoms with Crippen molar-refractivity contribution in [1.29, 1.82) is 5.26 Å². The lowest BCUT2D eigenvalue weighted by Gasteiger charge is -2.16. The molecule has 1 aliphatic heterocycles. The largest absolute Gasteiger partial charge is 0.382 e. The molecule has 1 fully saturated rings. The normalized spacial score (nSPS) is 14.3. The highest BCUT2D eigenvalue weighted by atomic mass is 32.2. The molecule has 0 saturated carbocycles. The summed E-state index contributed by atoms with van der Waals surface area (Å²) in [6, 6.07) is 12.0. The van der Waals surface area contributed by atoms with E-state index in [2.05, 4.69) is 10.6 Å². The van der Waals surface area contributed by atoms with Gasteiger partial charge in [0.2, 0.25) is 10.0 Å². The Balaban J connectivity index is 1.59. The van der Waals surface area contributed by atoms with Crippen molar-refractivity contribution in [2.75, 3.05) is 31.5 Å². The fraction of sp³-hybridized carbons (Fsp3) is 0.300. The van der Waals surface area contributed by atoms with Gasteiger partial charge in [0, 0.05) is 31.7 Å². The Morgan fingerprint density at radius 1 is 1.14 bits per heavy atom. The van der Waals surface area contributed by atoms with E-state index >= 15 is 0 Å². The van der Waals surface area contributed by atoms with Gasteiger partial charge in [-0.15, -0.1) is 0 Å². The summed E-state index contributed by atoms with van der Waals surface area (Å²) in [6.45, 7) is 1.48. The summed E-state index contributed by atoms with van der Waals surface area (Å²) in [6.07, 6.45) is 1.68. The predicted octanol–water partition coefficient (Wildman–Crippen LogP) is 2.32. The van der Waals surface area contributed by atoms with Gasteiger partial charge < -0.3 is 10.6 Å². The number of rotatable bonds is 7. The van der Waals surface area contributed by atoms with Gasteiger partial charge in [0.15, 0.2) is 0 Å². The Hall–Kier alpha value is -2.96. The molecule has 0 atom stereocenters. The number of hydrogen-bond donors (Lipinski definition) is 2. The molecular formula is C20H21FN4O3S. The molecule has 0 spiro atoms. The summed E-state index contributed by atoms with van der Waals surface area (Å²) in [5.74, 6) is -1.03. The van der Waals surface area contributed by atoms with Crippen LogP contribution in [0.15, 0.2) is 47.4 Å². The van der Waals surface area contributed by atoms with Crippen molar-refractivity contribution < 1.29 is 17.6 Å². The molecule has 9 heteroatoms. The minimum Gasteiger partial charge on any atom is -0.382 e. The first kappa shape index (κ1) is 20.8. The van der Waals surface area contributed by atoms with Crippen LogP contribution in [0.4, 0.5) is 10.1 Å². The number of carbonyl (C=O) groups is 1. The van der Waals surface area contributed by atoms with Crippen molar-refractivity contribution in [2.24, 2.45) is 0 Å². The number of hydrogen-bond acceptors (Lipinski definition) is 5. The zero-order valence-corrected chi connectivity index (χ0v) is 16.5. The second-order valence-corrected chi connectivity index (χ2v) is 8.53. The Kier molecular flexibility index (Phi) is 6.46. The van der Waals surface area contributed by atoms with E-state index in [4.69, 9.17) is 5.26 Å². The predicted molar refractivity (Wildman–Crippen MR) is 106 cm³/mol. The summed E-state index contributed by atoms with van der Waals surface area (Å²) in [4.78, 5) is 12.5. The van der Waals surface area contributed by atoms with Crippen molar-refractivity contribution in [3.63, 3.8) is 0 Å². The smallest absolute Gasteiger partial charge is 0.251 e. The minimum atomic E-state index is -3.59. The fourth-order valence-corrected chi connectivity index (χ4v) is 4.70. The molecule has 0 radical (unpaired) electrons. The molecule has 3 rings (SSSR count). The monoisotopic (exact) mass is 416 g/mol. The van der Waals surface area contributed by atoms with E-state index in [0.717, 1.165) is 12.8 Å². The van der Waals surface area contributed by atoms with Crippen LogP contribution >= 0.6 is 0 Å². The Labute approximate surface area is 169 Å². The SMILES string of the molecule is N#Cc1c(F)cccc1NCCNC(=O)c1cccc(S(=O)(=O)N2CCCC2)c1. The van der Waals surface area contributed by atoms with Crippen LogP contribution in [0.2, 0.25) is 0 Å². The van der Waals surface area contributed by atoms with E-state index in [1.165, 1.54) is 28.6 Å². The molecule has 7 nitrogen and oxygen atoms in total. The average Bonchev–Trinajstić information content (AvgIpc) is 3.27. The molecule has 1 aliphatic rings. The molecule has 2 N–H and O–H groups in total. The summed E-state index contributed by atoms with van der Waals surface area (Å²) in [7, 11) is -3.59. The first-order valence-electron chi connectivity index (χ1n) is 9.24. The number of nitrogens with zero attached hydrogens (tertiary/aromatic N) is 2. The minimum absolute atomic E-state index is 0.0846. The second kappa shape index (κ2) is 9.03. The van der Waals surface area contributed by atoms with Gasteiger partial charge >= 0.3 is 0 Å². The van der Waals surface area contributed by atoms with Gasteiger partial charge in [-0.05, 0) is 43.2 Å². The molecule has 1 amide bonds. The van der Waals surface area contributed by atoms with Crippen LogP contribution in [0, 0.1) is 17.1 Å². The lowest BCUT2D eigenvalue weighted by Crippen LogP contribution is -2.30. The third kappa shape index (κ3) is 4.72. The summed E-state index contributed by atoms with van der Waals surface area (Å²) >= 11 is 0. The number of nitrogens with one attached hydrogen (secondary N) is 2. The zero-order valence-electron chi connectivity index (χ0n) is 15.7. The molecule has 0 aliphatic carbocycles. The standard InChI is InChI=1S/C20H21FN4O3S/c21-18-7-4-8-19(17(18)14-22)23-9-10-24-20(26)15-5-3-6-16(13-15)29(27,28)25-11-1-2-12-25/h3-8,13,23H,1-2,9-12H2,(H,24,26). The number of nitriles is 1. The Morgan fingerprint density at radius 3 is 2.59 bits per heavy atom. The van der Waals surface area contributed by atoms with Crippen LogP contribution in [0.3, 0.4) is 0 Å². The maximum Gasteiger partial charge on any atom is 0.251 e. The van der Waals surface area contributed by atoms with Crippen molar-refractivity contribution in [2.45, 2.75) is 17.7 Å². The molecule has 152 valence electrons. The first-order chi connectivity index (χ1) is 13.9. The quantitative estimate of drug-likeness (QED) is 0.675. The van der Waals surface area contributed by atoms with Gasteiger partial charge in [0.05, 0.1) is 10.6 Å². The van der Waals surface area contributed by atoms with E-state index in [9.17, 15) is 17.6 Å². The lowest BCUT2D eigenvalue weighted by molar-refractivity contribution is 0.0955. The molecule has 0 bridgehead atoms. The molecular weight excluding hydrogens is 395 g/mol. The van der Waals surface area contributed by atoms with Crippen molar-refractivity contribution in [3.8, 4) is 6.07 Å².